The third kappa shape index (κ3) is 10.7. The van der Waals surface area contributed by atoms with Crippen LogP contribution in [-0.4, -0.2) is 68.3 Å². The molecule has 0 amide bonds. The van der Waals surface area contributed by atoms with Crippen LogP contribution in [0.15, 0.2) is 60.7 Å². The van der Waals surface area contributed by atoms with Crippen LogP contribution in [0.25, 0.3) is 0 Å². The largest absolute Gasteiger partial charge is 0.462 e. The molecule has 0 unspecified atom stereocenters. The molecule has 2 aromatic carbocycles. The molecule has 4 atom stereocenters. The van der Waals surface area contributed by atoms with Gasteiger partial charge in [-0.15, -0.1) is 0 Å². The lowest BCUT2D eigenvalue weighted by molar-refractivity contribution is -0.342. The van der Waals surface area contributed by atoms with Crippen molar-refractivity contribution in [3.8, 4) is 0 Å². The van der Waals surface area contributed by atoms with Gasteiger partial charge in [-0.25, -0.2) is 0 Å². The Bertz CT molecular complexity index is 1400. The van der Waals surface area contributed by atoms with Crippen LogP contribution < -0.4 is 10.4 Å². The normalized spacial score (nSPS) is 22.3. The Kier molecular flexibility index (Phi) is 13.9. The second kappa shape index (κ2) is 16.3. The number of carbonyl (C=O) groups is 2. The topological polar surface area (TPSA) is 91.3 Å². The molecule has 51 heavy (non-hydrogen) atoms. The minimum absolute atomic E-state index is 0.00445. The molecule has 1 heterocycles. The monoisotopic (exact) mass is 758 g/mol. The summed E-state index contributed by atoms with van der Waals surface area (Å²) in [5, 5.41) is 14.4. The van der Waals surface area contributed by atoms with Crippen LogP contribution in [0.1, 0.15) is 109 Å². The predicted octanol–water partition coefficient (Wildman–Crippen LogP) is 8.62. The van der Waals surface area contributed by atoms with Gasteiger partial charge < -0.3 is 23.4 Å². The molecule has 0 aromatic heterocycles. The van der Waals surface area contributed by atoms with Gasteiger partial charge in [0.05, 0.1) is 17.6 Å². The number of esters is 1. The number of hydrogen-bond donors (Lipinski definition) is 1. The summed E-state index contributed by atoms with van der Waals surface area (Å²) in [5.74, 6) is -2.07. The van der Waals surface area contributed by atoms with Gasteiger partial charge in [0.15, 0.2) is 19.2 Å². The van der Waals surface area contributed by atoms with Crippen LogP contribution in [0.3, 0.4) is 0 Å². The molecule has 2 aromatic rings. The highest BCUT2D eigenvalue weighted by Gasteiger charge is 2.58. The van der Waals surface area contributed by atoms with E-state index in [0.29, 0.717) is 19.4 Å². The molecule has 1 saturated heterocycles. The van der Waals surface area contributed by atoms with Gasteiger partial charge in [-0.05, 0) is 40.0 Å². The molecule has 286 valence electrons. The van der Waals surface area contributed by atoms with Crippen LogP contribution in [0.4, 0.5) is 0 Å². The van der Waals surface area contributed by atoms with Gasteiger partial charge in [-0.2, -0.15) is 0 Å². The zero-order valence-corrected chi connectivity index (χ0v) is 36.7. The maximum absolute atomic E-state index is 13.8. The smallest absolute Gasteiger partial charge is 0.302 e. The summed E-state index contributed by atoms with van der Waals surface area (Å²) in [6.07, 6.45) is -0.661. The fraction of sp³-hybridized carbons (Fsp3) is 0.659. The van der Waals surface area contributed by atoms with Crippen LogP contribution in [0.5, 0.6) is 0 Å². The standard InChI is InChI=1S/C41H66O7SSi2/c1-30(42)46-35-28-31(47-41(44,40(35,11)12)25-26-45-50(13,14)38(5,6)7)27-32(29-36(43)49-37(2,3)4)48-51(39(8,9)10,33-21-17-15-18-22-33)34-23-19-16-20-24-34/h15-24,31-32,35,44H,25-29H2,1-14H3/t31-,32-,35+,41+/m1/s1. The van der Waals surface area contributed by atoms with Crippen molar-refractivity contribution < 1.29 is 33.0 Å². The Morgan fingerprint density at radius 2 is 1.41 bits per heavy atom. The maximum Gasteiger partial charge on any atom is 0.302 e. The van der Waals surface area contributed by atoms with E-state index in [1.807, 2.05) is 71.0 Å². The summed E-state index contributed by atoms with van der Waals surface area (Å²) in [6.45, 7) is 29.2. The van der Waals surface area contributed by atoms with E-state index in [9.17, 15) is 14.7 Å². The van der Waals surface area contributed by atoms with Gasteiger partial charge in [0.1, 0.15) is 6.10 Å². The predicted molar refractivity (Wildman–Crippen MR) is 216 cm³/mol. The van der Waals surface area contributed by atoms with E-state index in [0.717, 1.165) is 10.4 Å². The summed E-state index contributed by atoms with van der Waals surface area (Å²) >= 11 is 1.32. The SMILES string of the molecule is CC(=O)O[C@H]1C[C@@H](C[C@H](CC(=O)SC(C)(C)C)O[Si](c2ccccc2)(c2ccccc2)C(C)(C)C)O[C@@](O)(CCO[Si](C)(C)C(C)(C)C)C1(C)C. The molecule has 7 nitrogen and oxygen atoms in total. The molecule has 0 radical (unpaired) electrons. The first-order valence-corrected chi connectivity index (χ1v) is 24.1. The second-order valence-electron chi connectivity index (χ2n) is 18.4. The van der Waals surface area contributed by atoms with Crippen LogP contribution in [0.2, 0.25) is 23.2 Å². The first-order chi connectivity index (χ1) is 23.2. The lowest BCUT2D eigenvalue weighted by atomic mass is 9.71. The quantitative estimate of drug-likeness (QED) is 0.161. The second-order valence-corrected chi connectivity index (χ2v) is 29.3. The number of thioether (sulfide) groups is 1. The minimum atomic E-state index is -3.07. The summed E-state index contributed by atoms with van der Waals surface area (Å²) in [4.78, 5) is 26.3. The van der Waals surface area contributed by atoms with Crippen molar-refractivity contribution in [1.82, 2.24) is 0 Å². The van der Waals surface area contributed by atoms with Gasteiger partial charge in [-0.3, -0.25) is 9.59 Å². The third-order valence-corrected chi connectivity index (χ3v) is 21.4. The molecule has 0 bridgehead atoms. The first-order valence-electron chi connectivity index (χ1n) is 18.5. The third-order valence-electron chi connectivity index (χ3n) is 10.8. The molecular formula is C41H66O7SSi2. The van der Waals surface area contributed by atoms with Gasteiger partial charge in [0, 0.05) is 37.5 Å². The molecule has 3 rings (SSSR count). The Morgan fingerprint density at radius 3 is 1.84 bits per heavy atom. The van der Waals surface area contributed by atoms with Crippen LogP contribution in [0, 0.1) is 5.41 Å². The zero-order valence-electron chi connectivity index (χ0n) is 33.8. The van der Waals surface area contributed by atoms with Crippen molar-refractivity contribution in [2.45, 2.75) is 161 Å². The lowest BCUT2D eigenvalue weighted by Gasteiger charge is -2.53. The van der Waals surface area contributed by atoms with Crippen molar-refractivity contribution in [3.05, 3.63) is 60.7 Å². The number of hydrogen-bond acceptors (Lipinski definition) is 8. The molecule has 0 aliphatic carbocycles. The summed E-state index contributed by atoms with van der Waals surface area (Å²) in [6, 6.07) is 20.8. The number of rotatable bonds is 13. The van der Waals surface area contributed by atoms with Crippen molar-refractivity contribution in [2.75, 3.05) is 6.61 Å². The van der Waals surface area contributed by atoms with Crippen molar-refractivity contribution >= 4 is 49.9 Å². The number of benzene rings is 2. The molecule has 0 saturated carbocycles. The molecule has 1 N–H and O–H groups in total. The van der Waals surface area contributed by atoms with E-state index in [4.69, 9.17) is 18.3 Å². The Balaban J connectivity index is 2.11. The molecule has 0 spiro atoms. The van der Waals surface area contributed by atoms with Gasteiger partial charge in [0.2, 0.25) is 0 Å². The maximum atomic E-state index is 13.8. The van der Waals surface area contributed by atoms with E-state index >= 15 is 0 Å². The Labute approximate surface area is 315 Å². The summed E-state index contributed by atoms with van der Waals surface area (Å²) < 4.78 is 26.5. The first kappa shape index (κ1) is 43.6. The highest BCUT2D eigenvalue weighted by atomic mass is 32.2. The minimum Gasteiger partial charge on any atom is -0.462 e. The van der Waals surface area contributed by atoms with Crippen LogP contribution in [-0.2, 0) is 27.9 Å². The highest BCUT2D eigenvalue weighted by molar-refractivity contribution is 8.14. The molecule has 1 aliphatic rings. The van der Waals surface area contributed by atoms with E-state index < -0.39 is 52.1 Å². The average Bonchev–Trinajstić information content (AvgIpc) is 2.97. The Hall–Kier alpha value is -1.80. The van der Waals surface area contributed by atoms with E-state index in [-0.39, 0.29) is 32.8 Å². The Morgan fingerprint density at radius 1 is 0.902 bits per heavy atom. The van der Waals surface area contributed by atoms with Gasteiger partial charge in [0.25, 0.3) is 8.32 Å². The van der Waals surface area contributed by atoms with Crippen molar-refractivity contribution in [1.29, 1.82) is 0 Å². The molecule has 1 fully saturated rings. The summed E-state index contributed by atoms with van der Waals surface area (Å²) in [7, 11) is -5.18. The molecule has 10 heteroatoms. The van der Waals surface area contributed by atoms with Crippen LogP contribution >= 0.6 is 11.8 Å². The van der Waals surface area contributed by atoms with Crippen molar-refractivity contribution in [2.24, 2.45) is 5.41 Å². The molecule has 1 aliphatic heterocycles. The number of aliphatic hydroxyl groups is 1. The van der Waals surface area contributed by atoms with E-state index in [1.165, 1.54) is 18.7 Å². The fourth-order valence-electron chi connectivity index (χ4n) is 6.82. The lowest BCUT2D eigenvalue weighted by Crippen LogP contribution is -2.68. The molecular weight excluding hydrogens is 693 g/mol. The average molecular weight is 759 g/mol. The van der Waals surface area contributed by atoms with Gasteiger partial charge >= 0.3 is 5.97 Å². The van der Waals surface area contributed by atoms with E-state index in [1.54, 1.807) is 0 Å². The van der Waals surface area contributed by atoms with Crippen molar-refractivity contribution in [3.63, 3.8) is 0 Å². The number of ether oxygens (including phenoxy) is 2. The van der Waals surface area contributed by atoms with Gasteiger partial charge in [-0.1, -0.05) is 149 Å². The van der Waals surface area contributed by atoms with E-state index in [2.05, 4.69) is 78.9 Å². The fourth-order valence-corrected chi connectivity index (χ4v) is 13.5. The number of carbonyl (C=O) groups excluding carboxylic acids is 2. The zero-order chi connectivity index (χ0) is 38.7. The summed E-state index contributed by atoms with van der Waals surface area (Å²) in [5.41, 5.74) is -0.932. The highest BCUT2D eigenvalue weighted by Crippen LogP contribution is 2.48.